The number of hydrogen-bond donors (Lipinski definition) is 0. The van der Waals surface area contributed by atoms with Gasteiger partial charge in [0.15, 0.2) is 0 Å². The molecule has 0 saturated carbocycles. The molecule has 0 radical (unpaired) electrons. The largest absolute Gasteiger partial charge is 0.471 e. The van der Waals surface area contributed by atoms with Crippen LogP contribution in [0.1, 0.15) is 27.2 Å². The van der Waals surface area contributed by atoms with Crippen LogP contribution in [0.25, 0.3) is 0 Å². The van der Waals surface area contributed by atoms with Gasteiger partial charge in [0.05, 0.1) is 11.5 Å². The number of aromatic nitrogens is 1. The number of ether oxygens (including phenoxy) is 2. The standard InChI is InChI=1S/C14H18ClN3O5/c1-14(2,3)23-13(19)17-5-4-10(8-17)22-12-11(15)6-9(7-16-12)18(20)21/h6-7,10H,4-5,8H2,1-3H3. The van der Waals surface area contributed by atoms with Crippen molar-refractivity contribution < 1.29 is 19.2 Å². The Morgan fingerprint density at radius 2 is 2.22 bits per heavy atom. The maximum absolute atomic E-state index is 12.0. The molecule has 1 atom stereocenters. The quantitative estimate of drug-likeness (QED) is 0.618. The number of nitro groups is 1. The second-order valence-electron chi connectivity index (χ2n) is 6.19. The second kappa shape index (κ2) is 6.57. The summed E-state index contributed by atoms with van der Waals surface area (Å²) in [6.07, 6.45) is 1.01. The van der Waals surface area contributed by atoms with Crippen molar-refractivity contribution in [2.45, 2.75) is 38.9 Å². The van der Waals surface area contributed by atoms with Crippen molar-refractivity contribution in [1.82, 2.24) is 9.88 Å². The molecule has 2 heterocycles. The molecule has 9 heteroatoms. The Morgan fingerprint density at radius 3 is 2.78 bits per heavy atom. The average Bonchev–Trinajstić information content (AvgIpc) is 2.87. The van der Waals surface area contributed by atoms with Crippen LogP contribution in [-0.2, 0) is 4.74 Å². The first-order valence-electron chi connectivity index (χ1n) is 7.10. The number of pyridine rings is 1. The average molecular weight is 344 g/mol. The van der Waals surface area contributed by atoms with Crippen molar-refractivity contribution in [3.8, 4) is 5.88 Å². The normalized spacial score (nSPS) is 17.9. The highest BCUT2D eigenvalue weighted by Gasteiger charge is 2.31. The molecule has 1 saturated heterocycles. The Hall–Kier alpha value is -2.09. The number of carbonyl (C=O) groups excluding carboxylic acids is 1. The molecule has 1 aliphatic rings. The lowest BCUT2D eigenvalue weighted by Crippen LogP contribution is -2.36. The van der Waals surface area contributed by atoms with E-state index >= 15 is 0 Å². The van der Waals surface area contributed by atoms with Crippen LogP contribution in [0, 0.1) is 10.1 Å². The number of nitrogens with zero attached hydrogens (tertiary/aromatic N) is 3. The first-order chi connectivity index (χ1) is 10.7. The molecule has 1 fully saturated rings. The molecule has 8 nitrogen and oxygen atoms in total. The van der Waals surface area contributed by atoms with Gasteiger partial charge in [-0.15, -0.1) is 0 Å². The molecule has 1 aromatic heterocycles. The highest BCUT2D eigenvalue weighted by atomic mass is 35.5. The van der Waals surface area contributed by atoms with E-state index in [9.17, 15) is 14.9 Å². The maximum Gasteiger partial charge on any atom is 0.410 e. The summed E-state index contributed by atoms with van der Waals surface area (Å²) in [5.41, 5.74) is -0.761. The summed E-state index contributed by atoms with van der Waals surface area (Å²) in [4.78, 5) is 27.5. The zero-order valence-corrected chi connectivity index (χ0v) is 13.9. The van der Waals surface area contributed by atoms with Crippen LogP contribution in [0.5, 0.6) is 5.88 Å². The fourth-order valence-corrected chi connectivity index (χ4v) is 2.28. The van der Waals surface area contributed by atoms with Crippen molar-refractivity contribution in [3.05, 3.63) is 27.4 Å². The van der Waals surface area contributed by atoms with Gasteiger partial charge in [-0.1, -0.05) is 11.6 Å². The minimum Gasteiger partial charge on any atom is -0.471 e. The van der Waals surface area contributed by atoms with E-state index < -0.39 is 16.6 Å². The molecule has 0 spiro atoms. The Balaban J connectivity index is 1.96. The van der Waals surface area contributed by atoms with Crippen LogP contribution in [0.2, 0.25) is 5.02 Å². The first-order valence-corrected chi connectivity index (χ1v) is 7.48. The number of likely N-dealkylation sites (tertiary alicyclic amines) is 1. The third-order valence-corrected chi connectivity index (χ3v) is 3.35. The monoisotopic (exact) mass is 343 g/mol. The number of hydrogen-bond acceptors (Lipinski definition) is 6. The number of carbonyl (C=O) groups is 1. The highest BCUT2D eigenvalue weighted by Crippen LogP contribution is 2.28. The minimum atomic E-state index is -0.581. The van der Waals surface area contributed by atoms with Crippen LogP contribution in [0.15, 0.2) is 12.3 Å². The van der Waals surface area contributed by atoms with Crippen LogP contribution in [-0.4, -0.2) is 45.7 Å². The van der Waals surface area contributed by atoms with Gasteiger partial charge in [0, 0.05) is 19.0 Å². The van der Waals surface area contributed by atoms with E-state index in [-0.39, 0.29) is 22.7 Å². The zero-order chi connectivity index (χ0) is 17.2. The van der Waals surface area contributed by atoms with Crippen molar-refractivity contribution in [2.75, 3.05) is 13.1 Å². The topological polar surface area (TPSA) is 94.8 Å². The van der Waals surface area contributed by atoms with Gasteiger partial charge < -0.3 is 14.4 Å². The summed E-state index contributed by atoms with van der Waals surface area (Å²) in [6, 6.07) is 1.18. The summed E-state index contributed by atoms with van der Waals surface area (Å²) in [5.74, 6) is 0.119. The van der Waals surface area contributed by atoms with E-state index in [4.69, 9.17) is 21.1 Å². The second-order valence-corrected chi connectivity index (χ2v) is 6.60. The molecule has 0 aromatic carbocycles. The van der Waals surface area contributed by atoms with E-state index in [0.29, 0.717) is 19.5 Å². The summed E-state index contributed by atoms with van der Waals surface area (Å²) < 4.78 is 10.9. The predicted octanol–water partition coefficient (Wildman–Crippen LogP) is 3.03. The van der Waals surface area contributed by atoms with Crippen LogP contribution in [0.3, 0.4) is 0 Å². The van der Waals surface area contributed by atoms with Gasteiger partial charge >= 0.3 is 6.09 Å². The molecule has 0 aliphatic carbocycles. The van der Waals surface area contributed by atoms with E-state index in [2.05, 4.69) is 4.98 Å². The van der Waals surface area contributed by atoms with E-state index in [1.54, 1.807) is 25.7 Å². The third kappa shape index (κ3) is 4.69. The van der Waals surface area contributed by atoms with Gasteiger partial charge in [0.1, 0.15) is 22.9 Å². The molecule has 1 amide bonds. The molecule has 0 bridgehead atoms. The highest BCUT2D eigenvalue weighted by molar-refractivity contribution is 6.32. The lowest BCUT2D eigenvalue weighted by Gasteiger charge is -2.24. The Labute approximate surface area is 138 Å². The molecule has 126 valence electrons. The Kier molecular flexibility index (Phi) is 4.93. The van der Waals surface area contributed by atoms with Crippen molar-refractivity contribution in [2.24, 2.45) is 0 Å². The van der Waals surface area contributed by atoms with Crippen LogP contribution >= 0.6 is 11.6 Å². The van der Waals surface area contributed by atoms with E-state index in [1.807, 2.05) is 0 Å². The SMILES string of the molecule is CC(C)(C)OC(=O)N1CCC(Oc2ncc([N+](=O)[O-])cc2Cl)C1. The van der Waals surface area contributed by atoms with Crippen molar-refractivity contribution >= 4 is 23.4 Å². The smallest absolute Gasteiger partial charge is 0.410 e. The van der Waals surface area contributed by atoms with Gasteiger partial charge in [0.2, 0.25) is 5.88 Å². The summed E-state index contributed by atoms with van der Waals surface area (Å²) >= 11 is 5.94. The lowest BCUT2D eigenvalue weighted by molar-refractivity contribution is -0.385. The Bertz CT molecular complexity index is 617. The molecule has 0 N–H and O–H groups in total. The van der Waals surface area contributed by atoms with Gasteiger partial charge in [-0.05, 0) is 20.8 Å². The predicted molar refractivity (Wildman–Crippen MR) is 82.7 cm³/mol. The molecule has 1 aliphatic heterocycles. The number of rotatable bonds is 3. The molecule has 2 rings (SSSR count). The van der Waals surface area contributed by atoms with Gasteiger partial charge in [-0.3, -0.25) is 10.1 Å². The molecule has 1 unspecified atom stereocenters. The zero-order valence-electron chi connectivity index (χ0n) is 13.1. The fraction of sp³-hybridized carbons (Fsp3) is 0.571. The number of halogens is 1. The molecule has 1 aromatic rings. The molecular formula is C14H18ClN3O5. The first kappa shape index (κ1) is 17.3. The van der Waals surface area contributed by atoms with Gasteiger partial charge in [0.25, 0.3) is 5.69 Å². The molecule has 23 heavy (non-hydrogen) atoms. The van der Waals surface area contributed by atoms with Crippen LogP contribution < -0.4 is 4.74 Å². The fourth-order valence-electron chi connectivity index (χ4n) is 2.08. The lowest BCUT2D eigenvalue weighted by atomic mass is 10.2. The van der Waals surface area contributed by atoms with E-state index in [0.717, 1.165) is 6.20 Å². The van der Waals surface area contributed by atoms with Crippen molar-refractivity contribution in [3.63, 3.8) is 0 Å². The molecular weight excluding hydrogens is 326 g/mol. The van der Waals surface area contributed by atoms with Crippen LogP contribution in [0.4, 0.5) is 10.5 Å². The number of amides is 1. The van der Waals surface area contributed by atoms with Gasteiger partial charge in [-0.2, -0.15) is 0 Å². The third-order valence-electron chi connectivity index (χ3n) is 3.08. The summed E-state index contributed by atoms with van der Waals surface area (Å²) in [7, 11) is 0. The van der Waals surface area contributed by atoms with Crippen molar-refractivity contribution in [1.29, 1.82) is 0 Å². The Morgan fingerprint density at radius 1 is 1.52 bits per heavy atom. The van der Waals surface area contributed by atoms with E-state index in [1.165, 1.54) is 6.07 Å². The maximum atomic E-state index is 12.0. The summed E-state index contributed by atoms with van der Waals surface area (Å²) in [5, 5.41) is 10.7. The minimum absolute atomic E-state index is 0.0647. The van der Waals surface area contributed by atoms with Gasteiger partial charge in [-0.25, -0.2) is 9.78 Å². The summed E-state index contributed by atoms with van der Waals surface area (Å²) in [6.45, 7) is 6.26.